The summed E-state index contributed by atoms with van der Waals surface area (Å²) in [5, 5.41) is 7.60. The number of nitrogens with one attached hydrogen (secondary N) is 1. The van der Waals surface area contributed by atoms with E-state index in [0.29, 0.717) is 0 Å². The smallest absolute Gasteiger partial charge is 0.240 e. The lowest BCUT2D eigenvalue weighted by atomic mass is 10.0. The summed E-state index contributed by atoms with van der Waals surface area (Å²) in [6.07, 6.45) is 0.122. The number of carbonyl (C=O) groups excluding carboxylic acids is 1. The molecule has 0 bridgehead atoms. The van der Waals surface area contributed by atoms with Crippen LogP contribution in [0.4, 0.5) is 5.69 Å². The van der Waals surface area contributed by atoms with Gasteiger partial charge in [-0.1, -0.05) is 26.0 Å². The number of benzene rings is 1. The van der Waals surface area contributed by atoms with Crippen molar-refractivity contribution in [1.82, 2.24) is 0 Å². The number of hydrogen-bond donors (Lipinski definition) is 3. The number of nitrogens with two attached hydrogens (primary N) is 2. The minimum atomic E-state index is -3.87. The third-order valence-electron chi connectivity index (χ3n) is 2.75. The summed E-state index contributed by atoms with van der Waals surface area (Å²) in [6, 6.07) is 5.70. The molecule has 1 amide bonds. The van der Waals surface area contributed by atoms with Crippen LogP contribution < -0.4 is 16.2 Å². The Morgan fingerprint density at radius 2 is 1.89 bits per heavy atom. The molecule has 1 rings (SSSR count). The van der Waals surface area contributed by atoms with Crippen LogP contribution in [0.25, 0.3) is 0 Å². The first-order valence-corrected chi connectivity index (χ1v) is 7.43. The van der Waals surface area contributed by atoms with Crippen LogP contribution >= 0.6 is 0 Å². The molecule has 6 nitrogen and oxygen atoms in total. The molecule has 19 heavy (non-hydrogen) atoms. The number of primary sulfonamides is 1. The Hall–Kier alpha value is -1.44. The van der Waals surface area contributed by atoms with E-state index in [1.807, 2.05) is 13.8 Å². The van der Waals surface area contributed by atoms with Crippen LogP contribution in [0.2, 0.25) is 0 Å². The van der Waals surface area contributed by atoms with Gasteiger partial charge in [-0.15, -0.1) is 0 Å². The predicted octanol–water partition coefficient (Wildman–Crippen LogP) is 0.646. The summed E-state index contributed by atoms with van der Waals surface area (Å²) >= 11 is 0. The maximum Gasteiger partial charge on any atom is 0.240 e. The van der Waals surface area contributed by atoms with Crippen molar-refractivity contribution in [2.45, 2.75) is 31.2 Å². The molecule has 7 heteroatoms. The van der Waals surface area contributed by atoms with Gasteiger partial charge in [0.15, 0.2) is 0 Å². The second kappa shape index (κ2) is 6.14. The summed E-state index contributed by atoms with van der Waals surface area (Å²) < 4.78 is 22.7. The fourth-order valence-electron chi connectivity index (χ4n) is 1.47. The lowest BCUT2D eigenvalue weighted by Crippen LogP contribution is -2.31. The third-order valence-corrected chi connectivity index (χ3v) is 3.71. The SMILES string of the molecule is CC(C)C(N)CC(=O)Nc1ccccc1S(N)(=O)=O. The van der Waals surface area contributed by atoms with Crippen molar-refractivity contribution in [3.63, 3.8) is 0 Å². The van der Waals surface area contributed by atoms with Crippen LogP contribution in [0.5, 0.6) is 0 Å². The molecule has 106 valence electrons. The van der Waals surface area contributed by atoms with Crippen molar-refractivity contribution in [2.75, 3.05) is 5.32 Å². The zero-order valence-corrected chi connectivity index (χ0v) is 11.8. The van der Waals surface area contributed by atoms with Crippen LogP contribution in [-0.2, 0) is 14.8 Å². The normalized spacial score (nSPS) is 13.3. The zero-order chi connectivity index (χ0) is 14.6. The number of anilines is 1. The molecule has 0 saturated heterocycles. The first kappa shape index (κ1) is 15.6. The van der Waals surface area contributed by atoms with Crippen LogP contribution in [0.15, 0.2) is 29.2 Å². The molecule has 1 aromatic carbocycles. The number of rotatable bonds is 5. The van der Waals surface area contributed by atoms with E-state index in [0.717, 1.165) is 0 Å². The molecule has 1 unspecified atom stereocenters. The fraction of sp³-hybridized carbons (Fsp3) is 0.417. The summed E-state index contributed by atoms with van der Waals surface area (Å²) in [4.78, 5) is 11.7. The minimum absolute atomic E-state index is 0.110. The van der Waals surface area contributed by atoms with Crippen LogP contribution in [0.3, 0.4) is 0 Å². The summed E-state index contributed by atoms with van der Waals surface area (Å²) in [6.45, 7) is 3.83. The first-order valence-electron chi connectivity index (χ1n) is 5.89. The van der Waals surface area contributed by atoms with Gasteiger partial charge in [0, 0.05) is 12.5 Å². The highest BCUT2D eigenvalue weighted by Gasteiger charge is 2.17. The lowest BCUT2D eigenvalue weighted by molar-refractivity contribution is -0.116. The van der Waals surface area contributed by atoms with Crippen molar-refractivity contribution in [3.05, 3.63) is 24.3 Å². The monoisotopic (exact) mass is 285 g/mol. The summed E-state index contributed by atoms with van der Waals surface area (Å²) in [5.41, 5.74) is 5.96. The van der Waals surface area contributed by atoms with E-state index in [2.05, 4.69) is 5.32 Å². The molecular formula is C12H19N3O3S. The van der Waals surface area contributed by atoms with Gasteiger partial charge >= 0.3 is 0 Å². The van der Waals surface area contributed by atoms with Crippen molar-refractivity contribution < 1.29 is 13.2 Å². The van der Waals surface area contributed by atoms with Gasteiger partial charge in [-0.3, -0.25) is 4.79 Å². The standard InChI is InChI=1S/C12H19N3O3S/c1-8(2)9(13)7-12(16)15-10-5-3-4-6-11(10)19(14,17)18/h3-6,8-9H,7,13H2,1-2H3,(H,15,16)(H2,14,17,18). The average Bonchev–Trinajstić information content (AvgIpc) is 2.27. The Labute approximate surface area is 113 Å². The van der Waals surface area contributed by atoms with E-state index in [4.69, 9.17) is 10.9 Å². The summed E-state index contributed by atoms with van der Waals surface area (Å²) in [7, 11) is -3.87. The van der Waals surface area contributed by atoms with E-state index < -0.39 is 10.0 Å². The zero-order valence-electron chi connectivity index (χ0n) is 11.0. The quantitative estimate of drug-likeness (QED) is 0.736. The Balaban J connectivity index is 2.87. The fourth-order valence-corrected chi connectivity index (χ4v) is 2.16. The number of sulfonamides is 1. The molecule has 0 aromatic heterocycles. The molecule has 0 fully saturated rings. The topological polar surface area (TPSA) is 115 Å². The van der Waals surface area contributed by atoms with Gasteiger partial charge in [0.1, 0.15) is 4.90 Å². The van der Waals surface area contributed by atoms with Crippen molar-refractivity contribution >= 4 is 21.6 Å². The summed E-state index contributed by atoms with van der Waals surface area (Å²) in [5.74, 6) is -0.170. The number of carbonyl (C=O) groups is 1. The second-order valence-corrected chi connectivity index (χ2v) is 6.23. The van der Waals surface area contributed by atoms with E-state index in [1.165, 1.54) is 18.2 Å². The average molecular weight is 285 g/mol. The highest BCUT2D eigenvalue weighted by Crippen LogP contribution is 2.19. The van der Waals surface area contributed by atoms with Gasteiger partial charge in [-0.2, -0.15) is 0 Å². The molecule has 0 radical (unpaired) electrons. The third kappa shape index (κ3) is 4.62. The molecule has 0 aliphatic heterocycles. The molecule has 1 aromatic rings. The molecule has 1 atom stereocenters. The van der Waals surface area contributed by atoms with Gasteiger partial charge in [0.25, 0.3) is 0 Å². The van der Waals surface area contributed by atoms with E-state index >= 15 is 0 Å². The highest BCUT2D eigenvalue weighted by molar-refractivity contribution is 7.89. The van der Waals surface area contributed by atoms with Gasteiger partial charge in [0.05, 0.1) is 5.69 Å². The van der Waals surface area contributed by atoms with E-state index in [1.54, 1.807) is 6.07 Å². The van der Waals surface area contributed by atoms with Gasteiger partial charge in [0.2, 0.25) is 15.9 Å². The Morgan fingerprint density at radius 3 is 2.42 bits per heavy atom. The number of amides is 1. The highest BCUT2D eigenvalue weighted by atomic mass is 32.2. The van der Waals surface area contributed by atoms with Gasteiger partial charge in [-0.05, 0) is 18.1 Å². The van der Waals surface area contributed by atoms with Gasteiger partial charge in [-0.25, -0.2) is 13.6 Å². The molecular weight excluding hydrogens is 266 g/mol. The van der Waals surface area contributed by atoms with E-state index in [9.17, 15) is 13.2 Å². The van der Waals surface area contributed by atoms with Crippen molar-refractivity contribution in [3.8, 4) is 0 Å². The van der Waals surface area contributed by atoms with E-state index in [-0.39, 0.29) is 34.9 Å². The molecule has 0 heterocycles. The molecule has 0 spiro atoms. The number of hydrogen-bond acceptors (Lipinski definition) is 4. The van der Waals surface area contributed by atoms with Gasteiger partial charge < -0.3 is 11.1 Å². The molecule has 0 aliphatic carbocycles. The van der Waals surface area contributed by atoms with Crippen LogP contribution in [0.1, 0.15) is 20.3 Å². The molecule has 0 aliphatic rings. The van der Waals surface area contributed by atoms with Crippen molar-refractivity contribution in [2.24, 2.45) is 16.8 Å². The maximum atomic E-state index is 11.8. The first-order chi connectivity index (χ1) is 8.71. The molecule has 0 saturated carbocycles. The number of para-hydroxylation sites is 1. The minimum Gasteiger partial charge on any atom is -0.327 e. The predicted molar refractivity (Wildman–Crippen MR) is 73.9 cm³/mol. The Bertz CT molecular complexity index is 555. The lowest BCUT2D eigenvalue weighted by Gasteiger charge is -2.15. The van der Waals surface area contributed by atoms with Crippen LogP contribution in [0, 0.1) is 5.92 Å². The van der Waals surface area contributed by atoms with Crippen LogP contribution in [-0.4, -0.2) is 20.4 Å². The Morgan fingerprint density at radius 1 is 1.32 bits per heavy atom. The Kier molecular flexibility index (Phi) is 5.04. The van der Waals surface area contributed by atoms with Crippen molar-refractivity contribution in [1.29, 1.82) is 0 Å². The second-order valence-electron chi connectivity index (χ2n) is 4.70. The molecule has 5 N–H and O–H groups in total. The largest absolute Gasteiger partial charge is 0.327 e. The maximum absolute atomic E-state index is 11.8.